The first-order valence-corrected chi connectivity index (χ1v) is 6.55. The molecule has 0 heterocycles. The predicted molar refractivity (Wildman–Crippen MR) is 74.4 cm³/mol. The smallest absolute Gasteiger partial charge is 0.260 e. The maximum Gasteiger partial charge on any atom is 0.260 e. The van der Waals surface area contributed by atoms with Gasteiger partial charge in [0.25, 0.3) is 5.91 Å². The molecule has 0 aliphatic rings. The van der Waals surface area contributed by atoms with Crippen molar-refractivity contribution in [3.8, 4) is 5.75 Å². The summed E-state index contributed by atoms with van der Waals surface area (Å²) in [5.41, 5.74) is 0. The molecule has 1 amide bonds. The van der Waals surface area contributed by atoms with Crippen molar-refractivity contribution in [1.29, 1.82) is 0 Å². The summed E-state index contributed by atoms with van der Waals surface area (Å²) in [4.78, 5) is 11.7. The van der Waals surface area contributed by atoms with E-state index in [0.29, 0.717) is 28.3 Å². The Bertz CT molecular complexity index is 421. The van der Waals surface area contributed by atoms with Crippen molar-refractivity contribution < 1.29 is 9.53 Å². The largest absolute Gasteiger partial charge is 0.479 e. The molecule has 1 rings (SSSR count). The minimum atomic E-state index is -0.595. The maximum atomic E-state index is 11.7. The van der Waals surface area contributed by atoms with E-state index in [0.717, 1.165) is 0 Å². The van der Waals surface area contributed by atoms with Crippen LogP contribution >= 0.6 is 23.2 Å². The number of rotatable bonds is 5. The van der Waals surface area contributed by atoms with Crippen LogP contribution in [0.5, 0.6) is 5.75 Å². The molecule has 0 saturated carbocycles. The fourth-order valence-electron chi connectivity index (χ4n) is 1.26. The third-order valence-electron chi connectivity index (χ3n) is 2.25. The second-order valence-electron chi connectivity index (χ2n) is 4.47. The molecule has 5 heteroatoms. The number of amides is 1. The lowest BCUT2D eigenvalue weighted by molar-refractivity contribution is -0.127. The highest BCUT2D eigenvalue weighted by atomic mass is 35.5. The minimum Gasteiger partial charge on any atom is -0.479 e. The summed E-state index contributed by atoms with van der Waals surface area (Å²) in [6, 6.07) is 4.90. The number of benzene rings is 1. The maximum absolute atomic E-state index is 11.7. The van der Waals surface area contributed by atoms with E-state index in [1.807, 2.05) is 13.8 Å². The quantitative estimate of drug-likeness (QED) is 0.900. The van der Waals surface area contributed by atoms with Gasteiger partial charge < -0.3 is 10.1 Å². The van der Waals surface area contributed by atoms with Crippen LogP contribution in [0.4, 0.5) is 0 Å². The topological polar surface area (TPSA) is 38.3 Å². The molecule has 0 aliphatic heterocycles. The van der Waals surface area contributed by atoms with Crippen molar-refractivity contribution in [2.75, 3.05) is 6.54 Å². The molecule has 1 aromatic rings. The molecular weight excluding hydrogens is 273 g/mol. The zero-order chi connectivity index (χ0) is 13.7. The van der Waals surface area contributed by atoms with E-state index < -0.39 is 6.10 Å². The van der Waals surface area contributed by atoms with Crippen molar-refractivity contribution in [1.82, 2.24) is 5.32 Å². The average molecular weight is 290 g/mol. The molecule has 0 aromatic heterocycles. The van der Waals surface area contributed by atoms with Gasteiger partial charge in [0.1, 0.15) is 5.75 Å². The second-order valence-corrected chi connectivity index (χ2v) is 5.32. The van der Waals surface area contributed by atoms with Crippen molar-refractivity contribution in [2.24, 2.45) is 5.92 Å². The first-order valence-electron chi connectivity index (χ1n) is 5.79. The van der Waals surface area contributed by atoms with Gasteiger partial charge in [0.05, 0.1) is 5.02 Å². The van der Waals surface area contributed by atoms with E-state index in [2.05, 4.69) is 5.32 Å². The van der Waals surface area contributed by atoms with Crippen molar-refractivity contribution in [3.63, 3.8) is 0 Å². The van der Waals surface area contributed by atoms with Crippen molar-refractivity contribution in [2.45, 2.75) is 26.9 Å². The second kappa shape index (κ2) is 6.86. The van der Waals surface area contributed by atoms with Crippen molar-refractivity contribution in [3.05, 3.63) is 28.2 Å². The van der Waals surface area contributed by atoms with Crippen molar-refractivity contribution >= 4 is 29.1 Å². The Labute approximate surface area is 117 Å². The zero-order valence-corrected chi connectivity index (χ0v) is 12.2. The van der Waals surface area contributed by atoms with Crippen LogP contribution in [0.2, 0.25) is 10.0 Å². The lowest BCUT2D eigenvalue weighted by Crippen LogP contribution is -2.38. The summed E-state index contributed by atoms with van der Waals surface area (Å²) in [5.74, 6) is 0.697. The fourth-order valence-corrected chi connectivity index (χ4v) is 1.72. The third kappa shape index (κ3) is 4.75. The SMILES string of the molecule is CC(C)CNC(=O)[C@H](C)Oc1ccc(Cl)cc1Cl. The Morgan fingerprint density at radius 1 is 1.33 bits per heavy atom. The lowest BCUT2D eigenvalue weighted by atomic mass is 10.2. The minimum absolute atomic E-state index is 0.158. The summed E-state index contributed by atoms with van der Waals surface area (Å²) in [6.07, 6.45) is -0.595. The van der Waals surface area contributed by atoms with Gasteiger partial charge >= 0.3 is 0 Å². The van der Waals surface area contributed by atoms with Gasteiger partial charge in [-0.25, -0.2) is 0 Å². The van der Waals surface area contributed by atoms with Gasteiger partial charge in [-0.15, -0.1) is 0 Å². The molecule has 0 aliphatic carbocycles. The van der Waals surface area contributed by atoms with Crippen LogP contribution in [0.1, 0.15) is 20.8 Å². The standard InChI is InChI=1S/C13H17Cl2NO2/c1-8(2)7-16-13(17)9(3)18-12-5-4-10(14)6-11(12)15/h4-6,8-9H,7H2,1-3H3,(H,16,17)/t9-/m0/s1. The predicted octanol–water partition coefficient (Wildman–Crippen LogP) is 3.53. The van der Waals surface area contributed by atoms with Crippen LogP contribution < -0.4 is 10.1 Å². The summed E-state index contributed by atoms with van der Waals surface area (Å²) < 4.78 is 5.49. The number of hydrogen-bond donors (Lipinski definition) is 1. The number of halogens is 2. The van der Waals surface area contributed by atoms with E-state index in [4.69, 9.17) is 27.9 Å². The molecule has 0 bridgehead atoms. The van der Waals surface area contributed by atoms with Crippen LogP contribution in [0.25, 0.3) is 0 Å². The number of carbonyl (C=O) groups excluding carboxylic acids is 1. The molecule has 100 valence electrons. The Kier molecular flexibility index (Phi) is 5.76. The van der Waals surface area contributed by atoms with Gasteiger partial charge in [0.15, 0.2) is 6.10 Å². The van der Waals surface area contributed by atoms with Crippen LogP contribution in [0.15, 0.2) is 18.2 Å². The van der Waals surface area contributed by atoms with Gasteiger partial charge in [-0.05, 0) is 31.0 Å². The molecule has 0 radical (unpaired) electrons. The molecule has 1 atom stereocenters. The van der Waals surface area contributed by atoms with Crippen LogP contribution in [-0.4, -0.2) is 18.6 Å². The molecule has 18 heavy (non-hydrogen) atoms. The van der Waals surface area contributed by atoms with Crippen LogP contribution in [0.3, 0.4) is 0 Å². The van der Waals surface area contributed by atoms with E-state index in [9.17, 15) is 4.79 Å². The highest BCUT2D eigenvalue weighted by molar-refractivity contribution is 6.35. The fraction of sp³-hybridized carbons (Fsp3) is 0.462. The molecule has 0 unspecified atom stereocenters. The Hall–Kier alpha value is -0.930. The van der Waals surface area contributed by atoms with Gasteiger partial charge in [-0.3, -0.25) is 4.79 Å². The van der Waals surface area contributed by atoms with E-state index in [1.165, 1.54) is 0 Å². The summed E-state index contributed by atoms with van der Waals surface area (Å²) in [6.45, 7) is 6.37. The molecule has 3 nitrogen and oxygen atoms in total. The Morgan fingerprint density at radius 3 is 2.56 bits per heavy atom. The molecule has 0 fully saturated rings. The highest BCUT2D eigenvalue weighted by Gasteiger charge is 2.16. The molecule has 0 spiro atoms. The number of hydrogen-bond acceptors (Lipinski definition) is 2. The number of ether oxygens (including phenoxy) is 1. The average Bonchev–Trinajstić information content (AvgIpc) is 2.29. The van der Waals surface area contributed by atoms with Crippen LogP contribution in [0, 0.1) is 5.92 Å². The molecule has 0 saturated heterocycles. The molecular formula is C13H17Cl2NO2. The van der Waals surface area contributed by atoms with Gasteiger partial charge in [0, 0.05) is 11.6 Å². The molecule has 1 N–H and O–H groups in total. The lowest BCUT2D eigenvalue weighted by Gasteiger charge is -2.16. The van der Waals surface area contributed by atoms with E-state index >= 15 is 0 Å². The van der Waals surface area contributed by atoms with Gasteiger partial charge in [-0.1, -0.05) is 37.0 Å². The Morgan fingerprint density at radius 2 is 2.00 bits per heavy atom. The summed E-state index contributed by atoms with van der Waals surface area (Å²) in [7, 11) is 0. The first-order chi connectivity index (χ1) is 8.40. The molecule has 1 aromatic carbocycles. The highest BCUT2D eigenvalue weighted by Crippen LogP contribution is 2.28. The summed E-state index contributed by atoms with van der Waals surface area (Å²) in [5, 5.41) is 3.73. The van der Waals surface area contributed by atoms with E-state index in [1.54, 1.807) is 25.1 Å². The van der Waals surface area contributed by atoms with Gasteiger partial charge in [0.2, 0.25) is 0 Å². The summed E-state index contributed by atoms with van der Waals surface area (Å²) >= 11 is 11.7. The third-order valence-corrected chi connectivity index (χ3v) is 2.78. The number of nitrogens with one attached hydrogen (secondary N) is 1. The Balaban J connectivity index is 2.58. The number of carbonyl (C=O) groups is 1. The monoisotopic (exact) mass is 289 g/mol. The van der Waals surface area contributed by atoms with E-state index in [-0.39, 0.29) is 5.91 Å². The van der Waals surface area contributed by atoms with Gasteiger partial charge in [-0.2, -0.15) is 0 Å². The van der Waals surface area contributed by atoms with Crippen LogP contribution in [-0.2, 0) is 4.79 Å². The normalized spacial score (nSPS) is 12.3. The zero-order valence-electron chi connectivity index (χ0n) is 10.7. The first kappa shape index (κ1) is 15.1.